The van der Waals surface area contributed by atoms with Crippen LogP contribution in [0.25, 0.3) is 22.2 Å². The molecular weight excluding hydrogens is 324 g/mol. The largest absolute Gasteiger partial charge is 0.505 e. The van der Waals surface area contributed by atoms with Crippen molar-refractivity contribution in [1.82, 2.24) is 4.98 Å². The maximum Gasteiger partial charge on any atom is 0.141 e. The number of aromatic amines is 1. The highest BCUT2D eigenvalue weighted by molar-refractivity contribution is 5.92. The molecule has 0 saturated carbocycles. The van der Waals surface area contributed by atoms with Crippen LogP contribution in [-0.4, -0.2) is 31.3 Å². The number of rotatable bonds is 3. The number of aromatic hydroxyl groups is 1. The van der Waals surface area contributed by atoms with Gasteiger partial charge in [0.1, 0.15) is 11.5 Å². The van der Waals surface area contributed by atoms with Crippen LogP contribution in [-0.2, 0) is 0 Å². The summed E-state index contributed by atoms with van der Waals surface area (Å²) in [5.41, 5.74) is 6.07. The van der Waals surface area contributed by atoms with Crippen LogP contribution in [0.15, 0.2) is 30.3 Å². The third-order valence-corrected chi connectivity index (χ3v) is 4.32. The fraction of sp³-hybridized carbons (Fsp3) is 0.263. The van der Waals surface area contributed by atoms with Gasteiger partial charge >= 0.3 is 0 Å². The summed E-state index contributed by atoms with van der Waals surface area (Å²) >= 11 is 0. The molecule has 5 heteroatoms. The number of aromatic nitrogens is 1. The first-order valence-electron chi connectivity index (χ1n) is 7.60. The van der Waals surface area contributed by atoms with Gasteiger partial charge in [0.2, 0.25) is 0 Å². The lowest BCUT2D eigenvalue weighted by molar-refractivity contribution is 0.415. The summed E-state index contributed by atoms with van der Waals surface area (Å²) in [5, 5.41) is 11.4. The standard InChI is InChI=1S/C19H22N2O2.ClH/c1-11-8-13(9-17(19(11)22)21(3)4)18-12(2)15-10-14(23-5)6-7-16(15)20-18;/h6-10,20,22H,1-5H3;1H. The van der Waals surface area contributed by atoms with Crippen molar-refractivity contribution in [2.75, 3.05) is 26.1 Å². The Bertz CT molecular complexity index is 885. The number of nitrogens with zero attached hydrogens (tertiary/aromatic N) is 1. The first kappa shape index (κ1) is 18.0. The van der Waals surface area contributed by atoms with Crippen molar-refractivity contribution in [3.63, 3.8) is 0 Å². The summed E-state index contributed by atoms with van der Waals surface area (Å²) < 4.78 is 5.32. The van der Waals surface area contributed by atoms with Crippen molar-refractivity contribution in [2.24, 2.45) is 0 Å². The van der Waals surface area contributed by atoms with E-state index in [9.17, 15) is 5.11 Å². The molecule has 4 nitrogen and oxygen atoms in total. The molecule has 0 amide bonds. The third-order valence-electron chi connectivity index (χ3n) is 4.32. The summed E-state index contributed by atoms with van der Waals surface area (Å²) in [5.74, 6) is 1.18. The van der Waals surface area contributed by atoms with E-state index in [1.807, 2.05) is 56.3 Å². The SMILES string of the molecule is COc1ccc2[nH]c(-c3cc(C)c(O)c(N(C)C)c3)c(C)c2c1.Cl. The molecule has 0 unspecified atom stereocenters. The number of phenolic OH excluding ortho intramolecular Hbond substituents is 1. The van der Waals surface area contributed by atoms with E-state index in [2.05, 4.69) is 11.9 Å². The Kier molecular flexibility index (Phi) is 4.99. The molecule has 0 saturated heterocycles. The lowest BCUT2D eigenvalue weighted by Gasteiger charge is -2.17. The summed E-state index contributed by atoms with van der Waals surface area (Å²) in [6.07, 6.45) is 0. The Morgan fingerprint density at radius 3 is 2.42 bits per heavy atom. The highest BCUT2D eigenvalue weighted by Crippen LogP contribution is 2.38. The molecule has 1 heterocycles. The van der Waals surface area contributed by atoms with Crippen LogP contribution in [0.3, 0.4) is 0 Å². The molecule has 2 aromatic carbocycles. The van der Waals surface area contributed by atoms with Gasteiger partial charge in [0.05, 0.1) is 12.8 Å². The number of nitrogens with one attached hydrogen (secondary N) is 1. The second-order valence-electron chi connectivity index (χ2n) is 6.09. The number of methoxy groups -OCH3 is 1. The van der Waals surface area contributed by atoms with E-state index in [0.29, 0.717) is 5.75 Å². The number of hydrogen-bond donors (Lipinski definition) is 2. The van der Waals surface area contributed by atoms with Crippen molar-refractivity contribution < 1.29 is 9.84 Å². The maximum atomic E-state index is 10.2. The zero-order valence-corrected chi connectivity index (χ0v) is 15.4. The summed E-state index contributed by atoms with van der Waals surface area (Å²) in [6, 6.07) is 10.1. The molecule has 0 atom stereocenters. The number of aryl methyl sites for hydroxylation is 2. The van der Waals surface area contributed by atoms with Crippen LogP contribution in [0.2, 0.25) is 0 Å². The molecule has 2 N–H and O–H groups in total. The predicted octanol–water partition coefficient (Wildman–Crippen LogP) is 4.65. The van der Waals surface area contributed by atoms with Crippen molar-refractivity contribution >= 4 is 29.0 Å². The molecule has 128 valence electrons. The normalized spacial score (nSPS) is 10.5. The molecule has 0 aliphatic rings. The van der Waals surface area contributed by atoms with Crippen LogP contribution in [0.4, 0.5) is 5.69 Å². The summed E-state index contributed by atoms with van der Waals surface area (Å²) in [6.45, 7) is 4.03. The molecule has 3 aromatic rings. The quantitative estimate of drug-likeness (QED) is 0.725. The van der Waals surface area contributed by atoms with E-state index in [1.54, 1.807) is 7.11 Å². The Labute approximate surface area is 148 Å². The monoisotopic (exact) mass is 346 g/mol. The van der Waals surface area contributed by atoms with Gasteiger partial charge in [-0.3, -0.25) is 0 Å². The van der Waals surface area contributed by atoms with Crippen molar-refractivity contribution in [2.45, 2.75) is 13.8 Å². The Balaban J connectivity index is 0.00000208. The molecule has 0 bridgehead atoms. The van der Waals surface area contributed by atoms with E-state index in [-0.39, 0.29) is 12.4 Å². The minimum Gasteiger partial charge on any atom is -0.505 e. The van der Waals surface area contributed by atoms with Gasteiger partial charge in [0.25, 0.3) is 0 Å². The minimum absolute atomic E-state index is 0. The number of benzene rings is 2. The smallest absolute Gasteiger partial charge is 0.141 e. The van der Waals surface area contributed by atoms with Gasteiger partial charge in [-0.15, -0.1) is 12.4 Å². The van der Waals surface area contributed by atoms with E-state index in [0.717, 1.165) is 39.2 Å². The van der Waals surface area contributed by atoms with Crippen molar-refractivity contribution in [3.8, 4) is 22.8 Å². The molecule has 0 aliphatic carbocycles. The van der Waals surface area contributed by atoms with Gasteiger partial charge in [0, 0.05) is 36.3 Å². The topological polar surface area (TPSA) is 48.5 Å². The lowest BCUT2D eigenvalue weighted by atomic mass is 10.0. The second-order valence-corrected chi connectivity index (χ2v) is 6.09. The number of ether oxygens (including phenoxy) is 1. The zero-order chi connectivity index (χ0) is 16.7. The number of H-pyrrole nitrogens is 1. The van der Waals surface area contributed by atoms with Crippen LogP contribution in [0.1, 0.15) is 11.1 Å². The zero-order valence-electron chi connectivity index (χ0n) is 14.6. The predicted molar refractivity (Wildman–Crippen MR) is 103 cm³/mol. The van der Waals surface area contributed by atoms with Gasteiger partial charge in [-0.25, -0.2) is 0 Å². The van der Waals surface area contributed by atoms with Gasteiger partial charge in [-0.2, -0.15) is 0 Å². The molecule has 0 spiro atoms. The summed E-state index contributed by atoms with van der Waals surface area (Å²) in [4.78, 5) is 5.41. The Morgan fingerprint density at radius 2 is 1.79 bits per heavy atom. The van der Waals surface area contributed by atoms with Crippen LogP contribution < -0.4 is 9.64 Å². The summed E-state index contributed by atoms with van der Waals surface area (Å²) in [7, 11) is 5.54. The highest BCUT2D eigenvalue weighted by Gasteiger charge is 2.15. The van der Waals surface area contributed by atoms with Gasteiger partial charge in [-0.1, -0.05) is 0 Å². The van der Waals surface area contributed by atoms with Gasteiger partial charge < -0.3 is 19.7 Å². The third kappa shape index (κ3) is 2.89. The first-order chi connectivity index (χ1) is 10.9. The Hall–Kier alpha value is -2.33. The fourth-order valence-corrected chi connectivity index (χ4v) is 2.97. The van der Waals surface area contributed by atoms with Crippen LogP contribution in [0, 0.1) is 13.8 Å². The van der Waals surface area contributed by atoms with Crippen LogP contribution in [0.5, 0.6) is 11.5 Å². The molecule has 1 aromatic heterocycles. The molecular formula is C19H23ClN2O2. The number of fused-ring (bicyclic) bond motifs is 1. The molecule has 0 fully saturated rings. The van der Waals surface area contributed by atoms with E-state index >= 15 is 0 Å². The number of halogens is 1. The molecule has 3 rings (SSSR count). The van der Waals surface area contributed by atoms with E-state index in [4.69, 9.17) is 4.74 Å². The van der Waals surface area contributed by atoms with Crippen molar-refractivity contribution in [3.05, 3.63) is 41.5 Å². The number of phenols is 1. The Morgan fingerprint density at radius 1 is 1.08 bits per heavy atom. The van der Waals surface area contributed by atoms with E-state index < -0.39 is 0 Å². The van der Waals surface area contributed by atoms with Crippen molar-refractivity contribution in [1.29, 1.82) is 0 Å². The number of hydrogen-bond acceptors (Lipinski definition) is 3. The molecule has 24 heavy (non-hydrogen) atoms. The van der Waals surface area contributed by atoms with E-state index in [1.165, 1.54) is 5.56 Å². The fourth-order valence-electron chi connectivity index (χ4n) is 2.97. The maximum absolute atomic E-state index is 10.2. The molecule has 0 aliphatic heterocycles. The molecule has 0 radical (unpaired) electrons. The second kappa shape index (κ2) is 6.65. The van der Waals surface area contributed by atoms with Gasteiger partial charge in [-0.05, 0) is 55.3 Å². The average Bonchev–Trinajstić information content (AvgIpc) is 2.86. The van der Waals surface area contributed by atoms with Gasteiger partial charge in [0.15, 0.2) is 0 Å². The first-order valence-corrected chi connectivity index (χ1v) is 7.60. The minimum atomic E-state index is 0. The number of anilines is 1. The van der Waals surface area contributed by atoms with Crippen LogP contribution >= 0.6 is 12.4 Å². The average molecular weight is 347 g/mol. The lowest BCUT2D eigenvalue weighted by Crippen LogP contribution is -2.09. The highest BCUT2D eigenvalue weighted by atomic mass is 35.5.